The highest BCUT2D eigenvalue weighted by Gasteiger charge is 2.33. The monoisotopic (exact) mass is 355 g/mol. The van der Waals surface area contributed by atoms with Gasteiger partial charge in [0.25, 0.3) is 5.91 Å². The van der Waals surface area contributed by atoms with Gasteiger partial charge in [-0.3, -0.25) is 14.4 Å². The first-order valence-corrected chi connectivity index (χ1v) is 8.23. The SMILES string of the molecule is CN(CCO)C(=O)C(=O)Nc1sc2c(c1C(N)=O)CC(C)(C)OC2. The molecule has 3 amide bonds. The zero-order valence-electron chi connectivity index (χ0n) is 13.8. The van der Waals surface area contributed by atoms with Crippen molar-refractivity contribution in [1.29, 1.82) is 0 Å². The van der Waals surface area contributed by atoms with Gasteiger partial charge in [0.1, 0.15) is 5.00 Å². The van der Waals surface area contributed by atoms with Crippen LogP contribution in [0.2, 0.25) is 0 Å². The van der Waals surface area contributed by atoms with Crippen molar-refractivity contribution >= 4 is 34.1 Å². The molecule has 0 saturated heterocycles. The number of anilines is 1. The summed E-state index contributed by atoms with van der Waals surface area (Å²) in [6.45, 7) is 3.93. The maximum absolute atomic E-state index is 12.1. The molecule has 9 heteroatoms. The second-order valence-corrected chi connectivity index (χ2v) is 7.31. The van der Waals surface area contributed by atoms with Gasteiger partial charge in [0.15, 0.2) is 0 Å². The van der Waals surface area contributed by atoms with E-state index in [1.54, 1.807) is 0 Å². The number of aliphatic hydroxyl groups is 1. The summed E-state index contributed by atoms with van der Waals surface area (Å²) in [7, 11) is 1.41. The molecule has 1 aliphatic heterocycles. The second-order valence-electron chi connectivity index (χ2n) is 6.20. The summed E-state index contributed by atoms with van der Waals surface area (Å²) in [6, 6.07) is 0. The average molecular weight is 355 g/mol. The van der Waals surface area contributed by atoms with Crippen molar-refractivity contribution < 1.29 is 24.2 Å². The molecule has 0 aromatic carbocycles. The Kier molecular flexibility index (Phi) is 5.26. The van der Waals surface area contributed by atoms with Gasteiger partial charge >= 0.3 is 11.8 Å². The van der Waals surface area contributed by atoms with Crippen LogP contribution in [0.4, 0.5) is 5.00 Å². The number of nitrogens with two attached hydrogens (primary N) is 1. The van der Waals surface area contributed by atoms with Crippen LogP contribution < -0.4 is 11.1 Å². The number of primary amides is 1. The van der Waals surface area contributed by atoms with E-state index in [4.69, 9.17) is 15.6 Å². The summed E-state index contributed by atoms with van der Waals surface area (Å²) in [6.07, 6.45) is 0.491. The molecule has 0 bridgehead atoms. The predicted octanol–water partition coefficient (Wildman–Crippen LogP) is 0.0875. The van der Waals surface area contributed by atoms with Gasteiger partial charge in [-0.25, -0.2) is 0 Å². The number of thiophene rings is 1. The van der Waals surface area contributed by atoms with Gasteiger partial charge in [0.2, 0.25) is 0 Å². The smallest absolute Gasteiger partial charge is 0.314 e. The summed E-state index contributed by atoms with van der Waals surface area (Å²) >= 11 is 1.18. The van der Waals surface area contributed by atoms with Gasteiger partial charge in [-0.15, -0.1) is 11.3 Å². The van der Waals surface area contributed by atoms with Crippen LogP contribution in [0.3, 0.4) is 0 Å². The molecule has 8 nitrogen and oxygen atoms in total. The lowest BCUT2D eigenvalue weighted by Gasteiger charge is -2.30. The molecule has 2 heterocycles. The fourth-order valence-electron chi connectivity index (χ4n) is 2.48. The second kappa shape index (κ2) is 6.88. The topological polar surface area (TPSA) is 122 Å². The van der Waals surface area contributed by atoms with Crippen LogP contribution in [0.15, 0.2) is 0 Å². The zero-order valence-corrected chi connectivity index (χ0v) is 14.7. The third-order valence-electron chi connectivity index (χ3n) is 3.74. The number of carbonyl (C=O) groups excluding carboxylic acids is 3. The molecule has 0 fully saturated rings. The Hall–Kier alpha value is -1.97. The molecule has 24 heavy (non-hydrogen) atoms. The van der Waals surface area contributed by atoms with Crippen LogP contribution in [-0.2, 0) is 27.4 Å². The van der Waals surface area contributed by atoms with Gasteiger partial charge in [-0.2, -0.15) is 0 Å². The number of carbonyl (C=O) groups is 3. The standard InChI is InChI=1S/C15H21N3O5S/c1-15(2)6-8-9(7-23-15)24-13(10(8)11(16)20)17-12(21)14(22)18(3)4-5-19/h19H,4-7H2,1-3H3,(H2,16,20)(H,17,21). The highest BCUT2D eigenvalue weighted by Crippen LogP contribution is 2.40. The number of ether oxygens (including phenoxy) is 1. The molecule has 1 aliphatic rings. The molecule has 0 radical (unpaired) electrons. The lowest BCUT2D eigenvalue weighted by molar-refractivity contribution is -0.142. The first-order chi connectivity index (χ1) is 11.2. The predicted molar refractivity (Wildman–Crippen MR) is 88.8 cm³/mol. The minimum Gasteiger partial charge on any atom is -0.395 e. The van der Waals surface area contributed by atoms with Crippen LogP contribution in [0.5, 0.6) is 0 Å². The molecule has 1 aromatic heterocycles. The van der Waals surface area contributed by atoms with Crippen molar-refractivity contribution in [2.75, 3.05) is 25.5 Å². The Morgan fingerprint density at radius 1 is 1.42 bits per heavy atom. The molecule has 0 aliphatic carbocycles. The summed E-state index contributed by atoms with van der Waals surface area (Å²) in [5.74, 6) is -2.34. The molecule has 4 N–H and O–H groups in total. The van der Waals surface area contributed by atoms with Gasteiger partial charge in [-0.1, -0.05) is 0 Å². The van der Waals surface area contributed by atoms with E-state index >= 15 is 0 Å². The van der Waals surface area contributed by atoms with E-state index in [0.717, 1.165) is 15.3 Å². The van der Waals surface area contributed by atoms with Crippen LogP contribution in [0, 0.1) is 0 Å². The van der Waals surface area contributed by atoms with E-state index in [2.05, 4.69) is 5.32 Å². The maximum atomic E-state index is 12.1. The van der Waals surface area contributed by atoms with Crippen molar-refractivity contribution in [1.82, 2.24) is 4.90 Å². The third-order valence-corrected chi connectivity index (χ3v) is 4.86. The Morgan fingerprint density at radius 3 is 2.67 bits per heavy atom. The maximum Gasteiger partial charge on any atom is 0.314 e. The minimum atomic E-state index is -0.882. The average Bonchev–Trinajstić information content (AvgIpc) is 2.82. The lowest BCUT2D eigenvalue weighted by Crippen LogP contribution is -2.38. The largest absolute Gasteiger partial charge is 0.395 e. The third kappa shape index (κ3) is 3.74. The van der Waals surface area contributed by atoms with Crippen molar-refractivity contribution in [2.24, 2.45) is 5.73 Å². The van der Waals surface area contributed by atoms with E-state index in [1.807, 2.05) is 13.8 Å². The summed E-state index contributed by atoms with van der Waals surface area (Å²) in [5.41, 5.74) is 6.04. The Balaban J connectivity index is 2.28. The molecular formula is C15H21N3O5S. The Bertz CT molecular complexity index is 683. The number of likely N-dealkylation sites (N-methyl/N-ethyl adjacent to an activating group) is 1. The first kappa shape index (κ1) is 18.4. The molecule has 0 saturated carbocycles. The summed E-state index contributed by atoms with van der Waals surface area (Å²) < 4.78 is 5.71. The summed E-state index contributed by atoms with van der Waals surface area (Å²) in [5, 5.41) is 11.6. The van der Waals surface area contributed by atoms with E-state index in [-0.39, 0.29) is 23.7 Å². The number of hydrogen-bond acceptors (Lipinski definition) is 6. The van der Waals surface area contributed by atoms with Crippen LogP contribution in [-0.4, -0.2) is 53.5 Å². The van der Waals surface area contributed by atoms with E-state index < -0.39 is 23.3 Å². The van der Waals surface area contributed by atoms with Gasteiger partial charge < -0.3 is 25.8 Å². The molecule has 1 aromatic rings. The first-order valence-electron chi connectivity index (χ1n) is 7.42. The van der Waals surface area contributed by atoms with Gasteiger partial charge in [0, 0.05) is 24.9 Å². The highest BCUT2D eigenvalue weighted by molar-refractivity contribution is 7.17. The van der Waals surface area contributed by atoms with E-state index in [1.165, 1.54) is 18.4 Å². The quantitative estimate of drug-likeness (QED) is 0.661. The number of rotatable bonds is 4. The molecule has 0 unspecified atom stereocenters. The summed E-state index contributed by atoms with van der Waals surface area (Å²) in [4.78, 5) is 37.8. The van der Waals surface area contributed by atoms with Crippen LogP contribution >= 0.6 is 11.3 Å². The van der Waals surface area contributed by atoms with Crippen molar-refractivity contribution in [2.45, 2.75) is 32.5 Å². The van der Waals surface area contributed by atoms with Crippen LogP contribution in [0.1, 0.15) is 34.6 Å². The molecule has 132 valence electrons. The molecule has 2 rings (SSSR count). The normalized spacial score (nSPS) is 15.5. The van der Waals surface area contributed by atoms with Gasteiger partial charge in [0.05, 0.1) is 24.4 Å². The van der Waals surface area contributed by atoms with Crippen molar-refractivity contribution in [3.05, 3.63) is 16.0 Å². The molecule has 0 spiro atoms. The minimum absolute atomic E-state index is 0.0396. The fourth-order valence-corrected chi connectivity index (χ4v) is 3.61. The van der Waals surface area contributed by atoms with Gasteiger partial charge in [-0.05, 0) is 19.4 Å². The zero-order chi connectivity index (χ0) is 18.1. The van der Waals surface area contributed by atoms with E-state index in [9.17, 15) is 14.4 Å². The van der Waals surface area contributed by atoms with Crippen LogP contribution in [0.25, 0.3) is 0 Å². The Labute approximate surface area is 143 Å². The highest BCUT2D eigenvalue weighted by atomic mass is 32.1. The number of aliphatic hydroxyl groups excluding tert-OH is 1. The molecule has 0 atom stereocenters. The number of nitrogens with zero attached hydrogens (tertiary/aromatic N) is 1. The Morgan fingerprint density at radius 2 is 2.08 bits per heavy atom. The number of hydrogen-bond donors (Lipinski definition) is 3. The number of amides is 3. The number of fused-ring (bicyclic) bond motifs is 1. The van der Waals surface area contributed by atoms with Crippen molar-refractivity contribution in [3.8, 4) is 0 Å². The number of nitrogens with one attached hydrogen (secondary N) is 1. The van der Waals surface area contributed by atoms with Crippen molar-refractivity contribution in [3.63, 3.8) is 0 Å². The lowest BCUT2D eigenvalue weighted by atomic mass is 9.93. The fraction of sp³-hybridized carbons (Fsp3) is 0.533. The molecular weight excluding hydrogens is 334 g/mol. The van der Waals surface area contributed by atoms with E-state index in [0.29, 0.717) is 13.0 Å².